The smallest absolute Gasteiger partial charge is 0.306 e. The summed E-state index contributed by atoms with van der Waals surface area (Å²) < 4.78 is 6.34. The van der Waals surface area contributed by atoms with Gasteiger partial charge in [0.1, 0.15) is 5.75 Å². The molecule has 2 heterocycles. The first kappa shape index (κ1) is 23.0. The minimum atomic E-state index is -0.629. The molecule has 0 amide bonds. The standard InChI is InChI=1S/C28H36ClNO3/c1-3-18-4-10-24(11-5-18)33-26-13-7-20-14-19(6-12-25(20)27(26)29)17(2)30-22-8-9-23(30)16-21(15-22)28(31)32/h6-7,12-14,17-18,21-24H,3-5,8-11,15-16H2,1-2H3,(H,31,32)/t17-,18-,21?,22?,23?,24+/m0/s1. The van der Waals surface area contributed by atoms with Crippen LogP contribution in [0.5, 0.6) is 5.75 Å². The van der Waals surface area contributed by atoms with Crippen molar-refractivity contribution < 1.29 is 14.6 Å². The lowest BCUT2D eigenvalue weighted by molar-refractivity contribution is -0.144. The van der Waals surface area contributed by atoms with Crippen LogP contribution in [-0.2, 0) is 4.79 Å². The Balaban J connectivity index is 1.32. The first-order chi connectivity index (χ1) is 15.9. The Morgan fingerprint density at radius 2 is 1.79 bits per heavy atom. The van der Waals surface area contributed by atoms with E-state index in [9.17, 15) is 9.90 Å². The molecule has 3 fully saturated rings. The van der Waals surface area contributed by atoms with Crippen molar-refractivity contribution in [1.29, 1.82) is 0 Å². The number of carboxylic acid groups (broad SMARTS) is 1. The summed E-state index contributed by atoms with van der Waals surface area (Å²) in [4.78, 5) is 14.1. The number of benzene rings is 2. The SMILES string of the molecule is CC[C@H]1CC[C@@H](Oc2ccc3cc([C@H](C)N4C5CCC4CC(C(=O)O)C5)ccc3c2Cl)CC1. The number of ether oxygens (including phenoxy) is 1. The lowest BCUT2D eigenvalue weighted by Crippen LogP contribution is -2.45. The summed E-state index contributed by atoms with van der Waals surface area (Å²) in [5.41, 5.74) is 1.27. The zero-order valence-corrected chi connectivity index (χ0v) is 20.6. The molecule has 2 aliphatic heterocycles. The fourth-order valence-electron chi connectivity index (χ4n) is 6.70. The van der Waals surface area contributed by atoms with Crippen LogP contribution in [0.1, 0.15) is 83.2 Å². The average Bonchev–Trinajstić information content (AvgIpc) is 3.09. The number of piperidine rings is 1. The van der Waals surface area contributed by atoms with Crippen molar-refractivity contribution in [3.05, 3.63) is 40.9 Å². The summed E-state index contributed by atoms with van der Waals surface area (Å²) in [6.07, 6.45) is 10.0. The number of hydrogen-bond acceptors (Lipinski definition) is 3. The van der Waals surface area contributed by atoms with Crippen LogP contribution in [0.4, 0.5) is 0 Å². The van der Waals surface area contributed by atoms with E-state index in [2.05, 4.69) is 43.0 Å². The molecular weight excluding hydrogens is 434 g/mol. The highest BCUT2D eigenvalue weighted by Crippen LogP contribution is 2.44. The van der Waals surface area contributed by atoms with Crippen LogP contribution in [0, 0.1) is 11.8 Å². The third-order valence-corrected chi connectivity index (χ3v) is 9.07. The van der Waals surface area contributed by atoms with Gasteiger partial charge in [-0.25, -0.2) is 0 Å². The van der Waals surface area contributed by atoms with Crippen LogP contribution in [0.15, 0.2) is 30.3 Å². The second-order valence-electron chi connectivity index (χ2n) is 10.5. The molecule has 2 aromatic rings. The van der Waals surface area contributed by atoms with Gasteiger partial charge in [0.05, 0.1) is 17.0 Å². The maximum Gasteiger partial charge on any atom is 0.306 e. The van der Waals surface area contributed by atoms with E-state index in [1.165, 1.54) is 24.8 Å². The van der Waals surface area contributed by atoms with E-state index in [-0.39, 0.29) is 18.1 Å². The number of rotatable bonds is 6. The predicted molar refractivity (Wildman–Crippen MR) is 133 cm³/mol. The van der Waals surface area contributed by atoms with Gasteiger partial charge in [-0.15, -0.1) is 0 Å². The second kappa shape index (κ2) is 9.46. The maximum absolute atomic E-state index is 11.5. The second-order valence-corrected chi connectivity index (χ2v) is 10.9. The van der Waals surface area contributed by atoms with Crippen LogP contribution in [0.3, 0.4) is 0 Å². The Morgan fingerprint density at radius 3 is 2.42 bits per heavy atom. The van der Waals surface area contributed by atoms with Gasteiger partial charge in [0.25, 0.3) is 0 Å². The highest BCUT2D eigenvalue weighted by atomic mass is 35.5. The summed E-state index contributed by atoms with van der Waals surface area (Å²) >= 11 is 6.81. The molecular formula is C28H36ClNO3. The quantitative estimate of drug-likeness (QED) is 0.484. The van der Waals surface area contributed by atoms with Crippen molar-refractivity contribution in [2.24, 2.45) is 11.8 Å². The molecule has 5 rings (SSSR count). The van der Waals surface area contributed by atoms with Crippen LogP contribution in [-0.4, -0.2) is 34.2 Å². The predicted octanol–water partition coefficient (Wildman–Crippen LogP) is 7.23. The molecule has 0 radical (unpaired) electrons. The molecule has 5 heteroatoms. The molecule has 0 spiro atoms. The third kappa shape index (κ3) is 4.49. The first-order valence-corrected chi connectivity index (χ1v) is 13.2. The van der Waals surface area contributed by atoms with Crippen molar-refractivity contribution in [2.75, 3.05) is 0 Å². The molecule has 2 bridgehead atoms. The zero-order chi connectivity index (χ0) is 23.1. The van der Waals surface area contributed by atoms with E-state index in [1.807, 2.05) is 6.07 Å². The maximum atomic E-state index is 11.5. The van der Waals surface area contributed by atoms with Crippen molar-refractivity contribution in [2.45, 2.75) is 95.9 Å². The Kier molecular flexibility index (Phi) is 6.59. The van der Waals surface area contributed by atoms with Crippen molar-refractivity contribution in [3.8, 4) is 5.75 Å². The van der Waals surface area contributed by atoms with Crippen LogP contribution < -0.4 is 4.74 Å². The zero-order valence-electron chi connectivity index (χ0n) is 19.8. The summed E-state index contributed by atoms with van der Waals surface area (Å²) in [6, 6.07) is 11.8. The fraction of sp³-hybridized carbons (Fsp3) is 0.607. The molecule has 2 unspecified atom stereocenters. The molecule has 2 saturated heterocycles. The van der Waals surface area contributed by atoms with E-state index < -0.39 is 5.97 Å². The molecule has 1 N–H and O–H groups in total. The Morgan fingerprint density at radius 1 is 1.09 bits per heavy atom. The Bertz CT molecular complexity index is 1000. The molecule has 33 heavy (non-hydrogen) atoms. The van der Waals surface area contributed by atoms with Gasteiger partial charge in [-0.05, 0) is 87.3 Å². The van der Waals surface area contributed by atoms with Gasteiger partial charge < -0.3 is 9.84 Å². The summed E-state index contributed by atoms with van der Waals surface area (Å²) in [5.74, 6) is 0.842. The molecule has 2 aromatic carbocycles. The van der Waals surface area contributed by atoms with E-state index in [4.69, 9.17) is 16.3 Å². The molecule has 4 nitrogen and oxygen atoms in total. The Labute approximate surface area is 202 Å². The minimum Gasteiger partial charge on any atom is -0.489 e. The van der Waals surface area contributed by atoms with Crippen LogP contribution in [0.25, 0.3) is 10.8 Å². The van der Waals surface area contributed by atoms with E-state index >= 15 is 0 Å². The van der Waals surface area contributed by atoms with Crippen molar-refractivity contribution >= 4 is 28.3 Å². The lowest BCUT2D eigenvalue weighted by atomic mass is 9.86. The lowest BCUT2D eigenvalue weighted by Gasteiger charge is -2.41. The van der Waals surface area contributed by atoms with Crippen molar-refractivity contribution in [1.82, 2.24) is 4.90 Å². The molecule has 1 aliphatic carbocycles. The van der Waals surface area contributed by atoms with Gasteiger partial charge in [0.2, 0.25) is 0 Å². The molecule has 0 aromatic heterocycles. The Hall–Kier alpha value is -1.78. The van der Waals surface area contributed by atoms with Gasteiger partial charge in [0, 0.05) is 23.5 Å². The minimum absolute atomic E-state index is 0.184. The monoisotopic (exact) mass is 469 g/mol. The van der Waals surface area contributed by atoms with Gasteiger partial charge >= 0.3 is 5.97 Å². The van der Waals surface area contributed by atoms with Gasteiger partial charge in [-0.1, -0.05) is 43.1 Å². The van der Waals surface area contributed by atoms with Gasteiger partial charge in [-0.3, -0.25) is 9.69 Å². The van der Waals surface area contributed by atoms with E-state index in [1.54, 1.807) is 0 Å². The number of carboxylic acids is 1. The topological polar surface area (TPSA) is 49.8 Å². The number of halogens is 1. The number of fused-ring (bicyclic) bond motifs is 3. The van der Waals surface area contributed by atoms with Crippen molar-refractivity contribution in [3.63, 3.8) is 0 Å². The number of aliphatic carboxylic acids is 1. The molecule has 3 aliphatic rings. The summed E-state index contributed by atoms with van der Waals surface area (Å²) in [7, 11) is 0. The summed E-state index contributed by atoms with van der Waals surface area (Å²) in [6.45, 7) is 4.54. The average molecular weight is 470 g/mol. The highest BCUT2D eigenvalue weighted by Gasteiger charge is 2.45. The number of carbonyl (C=O) groups is 1. The number of hydrogen-bond donors (Lipinski definition) is 1. The molecule has 3 atom stereocenters. The largest absolute Gasteiger partial charge is 0.489 e. The third-order valence-electron chi connectivity index (χ3n) is 8.68. The highest BCUT2D eigenvalue weighted by molar-refractivity contribution is 6.37. The normalized spacial score (nSPS) is 30.9. The fourth-order valence-corrected chi connectivity index (χ4v) is 6.98. The van der Waals surface area contributed by atoms with E-state index in [0.29, 0.717) is 17.1 Å². The molecule has 1 saturated carbocycles. The molecule has 178 valence electrons. The van der Waals surface area contributed by atoms with Crippen LogP contribution in [0.2, 0.25) is 5.02 Å². The van der Waals surface area contributed by atoms with E-state index in [0.717, 1.165) is 61.0 Å². The van der Waals surface area contributed by atoms with Gasteiger partial charge in [0.15, 0.2) is 0 Å². The van der Waals surface area contributed by atoms with Gasteiger partial charge in [-0.2, -0.15) is 0 Å². The summed E-state index contributed by atoms with van der Waals surface area (Å²) in [5, 5.41) is 12.4. The first-order valence-electron chi connectivity index (χ1n) is 12.8. The number of nitrogens with zero attached hydrogens (tertiary/aromatic N) is 1. The van der Waals surface area contributed by atoms with Crippen LogP contribution >= 0.6 is 11.6 Å².